The molecule has 7 heteroatoms. The number of hydrogen-bond acceptors (Lipinski definition) is 5. The molecule has 2 N–H and O–H groups in total. The lowest BCUT2D eigenvalue weighted by molar-refractivity contribution is 0.413. The zero-order valence-corrected chi connectivity index (χ0v) is 14.4. The molecular formula is C18H15ClN4O2. The van der Waals surface area contributed by atoms with E-state index in [1.165, 1.54) is 7.11 Å². The highest BCUT2D eigenvalue weighted by atomic mass is 35.5. The van der Waals surface area contributed by atoms with E-state index < -0.39 is 0 Å². The molecule has 25 heavy (non-hydrogen) atoms. The summed E-state index contributed by atoms with van der Waals surface area (Å²) in [5.41, 5.74) is 2.49. The van der Waals surface area contributed by atoms with E-state index in [0.717, 1.165) is 5.69 Å². The second-order valence-corrected chi connectivity index (χ2v) is 5.94. The van der Waals surface area contributed by atoms with Gasteiger partial charge in [0, 0.05) is 16.8 Å². The molecule has 0 aliphatic carbocycles. The Morgan fingerprint density at radius 2 is 2.12 bits per heavy atom. The second-order valence-electron chi connectivity index (χ2n) is 5.51. The van der Waals surface area contributed by atoms with Gasteiger partial charge >= 0.3 is 0 Å². The van der Waals surface area contributed by atoms with Crippen LogP contribution in [-0.2, 0) is 0 Å². The summed E-state index contributed by atoms with van der Waals surface area (Å²) in [5.74, 6) is 0.465. The third kappa shape index (κ3) is 3.42. The highest BCUT2D eigenvalue weighted by Crippen LogP contribution is 2.25. The van der Waals surface area contributed by atoms with Crippen molar-refractivity contribution >= 4 is 28.3 Å². The number of nitriles is 1. The van der Waals surface area contributed by atoms with E-state index >= 15 is 0 Å². The number of hydrogen-bond donors (Lipinski definition) is 2. The maximum atomic E-state index is 12.3. The van der Waals surface area contributed by atoms with Gasteiger partial charge in [0.25, 0.3) is 5.56 Å². The molecule has 1 atom stereocenters. The summed E-state index contributed by atoms with van der Waals surface area (Å²) in [6.45, 7) is 1.83. The van der Waals surface area contributed by atoms with E-state index in [0.29, 0.717) is 33.1 Å². The summed E-state index contributed by atoms with van der Waals surface area (Å²) in [4.78, 5) is 19.6. The fraction of sp³-hybridized carbons (Fsp3) is 0.167. The zero-order chi connectivity index (χ0) is 18.0. The van der Waals surface area contributed by atoms with E-state index in [1.54, 1.807) is 36.4 Å². The molecule has 0 spiro atoms. The molecular weight excluding hydrogens is 340 g/mol. The van der Waals surface area contributed by atoms with Gasteiger partial charge in [-0.1, -0.05) is 11.6 Å². The standard InChI is InChI=1S/C18H15ClN4O2/c1-10(21-13-5-3-11(9-20)16(8-13)25-2)17-18(24)23-14-6-4-12(19)7-15(14)22-17/h3-8,10,21H,1-2H3,(H,23,24)/t10-/m0/s1. The maximum absolute atomic E-state index is 12.3. The van der Waals surface area contributed by atoms with Crippen molar-refractivity contribution in [2.75, 3.05) is 12.4 Å². The van der Waals surface area contributed by atoms with Crippen LogP contribution in [0.4, 0.5) is 5.69 Å². The molecule has 0 fully saturated rings. The Hall–Kier alpha value is -3.04. The molecule has 3 aromatic rings. The number of anilines is 1. The van der Waals surface area contributed by atoms with Crippen LogP contribution in [-0.4, -0.2) is 17.1 Å². The third-order valence-corrected chi connectivity index (χ3v) is 4.03. The van der Waals surface area contributed by atoms with E-state index in [4.69, 9.17) is 21.6 Å². The number of rotatable bonds is 4. The van der Waals surface area contributed by atoms with Crippen molar-refractivity contribution in [3.8, 4) is 11.8 Å². The van der Waals surface area contributed by atoms with Gasteiger partial charge in [0.15, 0.2) is 0 Å². The van der Waals surface area contributed by atoms with Crippen LogP contribution in [0.3, 0.4) is 0 Å². The summed E-state index contributed by atoms with van der Waals surface area (Å²) in [6, 6.07) is 11.9. The van der Waals surface area contributed by atoms with Crippen LogP contribution in [0.1, 0.15) is 24.2 Å². The molecule has 2 aromatic carbocycles. The van der Waals surface area contributed by atoms with Crippen LogP contribution in [0.15, 0.2) is 41.2 Å². The lowest BCUT2D eigenvalue weighted by Crippen LogP contribution is -2.21. The first kappa shape index (κ1) is 16.8. The molecule has 0 saturated carbocycles. The third-order valence-electron chi connectivity index (χ3n) is 3.80. The van der Waals surface area contributed by atoms with Crippen molar-refractivity contribution < 1.29 is 4.74 Å². The van der Waals surface area contributed by atoms with Crippen molar-refractivity contribution in [3.05, 3.63) is 63.0 Å². The highest BCUT2D eigenvalue weighted by molar-refractivity contribution is 6.31. The first-order valence-corrected chi connectivity index (χ1v) is 7.94. The van der Waals surface area contributed by atoms with Crippen LogP contribution in [0.2, 0.25) is 5.02 Å². The topological polar surface area (TPSA) is 90.8 Å². The molecule has 1 aromatic heterocycles. The predicted octanol–water partition coefficient (Wildman–Crippen LogP) is 3.63. The summed E-state index contributed by atoms with van der Waals surface area (Å²) >= 11 is 5.99. The molecule has 0 unspecified atom stereocenters. The summed E-state index contributed by atoms with van der Waals surface area (Å²) in [7, 11) is 1.50. The number of H-pyrrole nitrogens is 1. The van der Waals surface area contributed by atoms with Crippen LogP contribution in [0, 0.1) is 11.3 Å². The van der Waals surface area contributed by atoms with Gasteiger partial charge in [0.1, 0.15) is 17.5 Å². The van der Waals surface area contributed by atoms with Gasteiger partial charge in [0.05, 0.1) is 29.7 Å². The zero-order valence-electron chi connectivity index (χ0n) is 13.6. The normalized spacial score (nSPS) is 11.8. The van der Waals surface area contributed by atoms with Crippen molar-refractivity contribution in [1.29, 1.82) is 5.26 Å². The quantitative estimate of drug-likeness (QED) is 0.746. The van der Waals surface area contributed by atoms with E-state index in [1.807, 2.05) is 6.92 Å². The Bertz CT molecular complexity index is 1040. The summed E-state index contributed by atoms with van der Waals surface area (Å²) in [5, 5.41) is 12.8. The van der Waals surface area contributed by atoms with Gasteiger partial charge < -0.3 is 15.0 Å². The van der Waals surface area contributed by atoms with E-state index in [-0.39, 0.29) is 11.6 Å². The van der Waals surface area contributed by atoms with Crippen molar-refractivity contribution in [1.82, 2.24) is 9.97 Å². The Balaban J connectivity index is 1.94. The molecule has 0 aliphatic rings. The number of methoxy groups -OCH3 is 1. The van der Waals surface area contributed by atoms with E-state index in [2.05, 4.69) is 21.4 Å². The average molecular weight is 355 g/mol. The van der Waals surface area contributed by atoms with Crippen LogP contribution in [0.25, 0.3) is 11.0 Å². The molecule has 6 nitrogen and oxygen atoms in total. The Morgan fingerprint density at radius 3 is 2.84 bits per heavy atom. The number of fused-ring (bicyclic) bond motifs is 1. The minimum atomic E-state index is -0.357. The number of halogens is 1. The minimum Gasteiger partial charge on any atom is -0.495 e. The fourth-order valence-electron chi connectivity index (χ4n) is 2.56. The maximum Gasteiger partial charge on any atom is 0.272 e. The Kier molecular flexibility index (Phi) is 4.59. The molecule has 0 amide bonds. The molecule has 0 bridgehead atoms. The molecule has 1 heterocycles. The van der Waals surface area contributed by atoms with Crippen LogP contribution in [0.5, 0.6) is 5.75 Å². The largest absolute Gasteiger partial charge is 0.495 e. The lowest BCUT2D eigenvalue weighted by atomic mass is 10.1. The molecule has 3 rings (SSSR count). The number of benzene rings is 2. The minimum absolute atomic E-state index is 0.268. The van der Waals surface area contributed by atoms with E-state index in [9.17, 15) is 4.79 Å². The van der Waals surface area contributed by atoms with Gasteiger partial charge in [-0.25, -0.2) is 4.98 Å². The van der Waals surface area contributed by atoms with Gasteiger partial charge in [0.2, 0.25) is 0 Å². The van der Waals surface area contributed by atoms with Crippen molar-refractivity contribution in [3.63, 3.8) is 0 Å². The fourth-order valence-corrected chi connectivity index (χ4v) is 2.72. The smallest absolute Gasteiger partial charge is 0.272 e. The van der Waals surface area contributed by atoms with Gasteiger partial charge in [-0.15, -0.1) is 0 Å². The van der Waals surface area contributed by atoms with Crippen molar-refractivity contribution in [2.45, 2.75) is 13.0 Å². The molecule has 0 aliphatic heterocycles. The SMILES string of the molecule is COc1cc(N[C@@H](C)c2nc3cc(Cl)ccc3[nH]c2=O)ccc1C#N. The average Bonchev–Trinajstić information content (AvgIpc) is 2.61. The predicted molar refractivity (Wildman–Crippen MR) is 97.1 cm³/mol. The lowest BCUT2D eigenvalue weighted by Gasteiger charge is -2.15. The molecule has 126 valence electrons. The summed E-state index contributed by atoms with van der Waals surface area (Å²) < 4.78 is 5.20. The highest BCUT2D eigenvalue weighted by Gasteiger charge is 2.14. The monoisotopic (exact) mass is 354 g/mol. The van der Waals surface area contributed by atoms with Gasteiger partial charge in [-0.05, 0) is 37.3 Å². The number of nitrogens with one attached hydrogen (secondary N) is 2. The molecule has 0 saturated heterocycles. The molecule has 0 radical (unpaired) electrons. The number of aromatic nitrogens is 2. The van der Waals surface area contributed by atoms with Crippen molar-refractivity contribution in [2.24, 2.45) is 0 Å². The second kappa shape index (κ2) is 6.83. The van der Waals surface area contributed by atoms with Gasteiger partial charge in [-0.2, -0.15) is 5.26 Å². The van der Waals surface area contributed by atoms with Crippen LogP contribution >= 0.6 is 11.6 Å². The first-order chi connectivity index (χ1) is 12.0. The first-order valence-electron chi connectivity index (χ1n) is 7.56. The Labute approximate surface area is 149 Å². The Morgan fingerprint density at radius 1 is 1.32 bits per heavy atom. The number of aromatic amines is 1. The van der Waals surface area contributed by atoms with Gasteiger partial charge in [-0.3, -0.25) is 4.79 Å². The number of nitrogens with zero attached hydrogens (tertiary/aromatic N) is 2. The van der Waals surface area contributed by atoms with Crippen LogP contribution < -0.4 is 15.6 Å². The number of ether oxygens (including phenoxy) is 1. The summed E-state index contributed by atoms with van der Waals surface area (Å²) in [6.07, 6.45) is 0.